The van der Waals surface area contributed by atoms with Crippen molar-refractivity contribution in [3.63, 3.8) is 0 Å². The van der Waals surface area contributed by atoms with Crippen molar-refractivity contribution in [1.82, 2.24) is 14.9 Å². The van der Waals surface area contributed by atoms with Gasteiger partial charge in [-0.05, 0) is 32.4 Å². The fourth-order valence-electron chi connectivity index (χ4n) is 2.53. The highest BCUT2D eigenvalue weighted by molar-refractivity contribution is 5.66. The van der Waals surface area contributed by atoms with Gasteiger partial charge >= 0.3 is 0 Å². The molecule has 0 radical (unpaired) electrons. The molecule has 1 aromatic rings. The van der Waals surface area contributed by atoms with Crippen LogP contribution in [0.15, 0.2) is 6.33 Å². The van der Waals surface area contributed by atoms with Crippen LogP contribution in [0.4, 0.5) is 11.5 Å². The molecule has 0 aromatic carbocycles. The van der Waals surface area contributed by atoms with Gasteiger partial charge in [-0.2, -0.15) is 4.98 Å². The molecule has 1 aliphatic rings. The second kappa shape index (κ2) is 8.67. The van der Waals surface area contributed by atoms with E-state index in [1.165, 1.54) is 45.1 Å². The van der Waals surface area contributed by atoms with Crippen molar-refractivity contribution in [1.29, 1.82) is 0 Å². The summed E-state index contributed by atoms with van der Waals surface area (Å²) in [5.41, 5.74) is 6.54. The number of nitrogens with one attached hydrogen (secondary N) is 1. The second-order valence-corrected chi connectivity index (χ2v) is 5.47. The topological polar surface area (TPSA) is 76.3 Å². The van der Waals surface area contributed by atoms with Crippen LogP contribution in [-0.2, 0) is 0 Å². The molecule has 0 aliphatic carbocycles. The van der Waals surface area contributed by atoms with Gasteiger partial charge in [-0.25, -0.2) is 4.98 Å². The predicted octanol–water partition coefficient (Wildman–Crippen LogP) is 2.14. The van der Waals surface area contributed by atoms with Crippen molar-refractivity contribution in [2.24, 2.45) is 0 Å². The molecule has 3 N–H and O–H groups in total. The molecule has 21 heavy (non-hydrogen) atoms. The SMILES string of the molecule is CCCOc1ncnc(NCCN2CCCCCC2)c1N. The van der Waals surface area contributed by atoms with E-state index in [2.05, 4.69) is 27.1 Å². The number of rotatable bonds is 7. The molecule has 1 fully saturated rings. The minimum atomic E-state index is 0.476. The molecule has 2 heterocycles. The molecule has 6 nitrogen and oxygen atoms in total. The van der Waals surface area contributed by atoms with E-state index in [1.54, 1.807) is 0 Å². The molecule has 2 rings (SSSR count). The number of anilines is 2. The van der Waals surface area contributed by atoms with Gasteiger partial charge in [0.1, 0.15) is 12.0 Å². The molecular formula is C15H27N5O. The maximum absolute atomic E-state index is 6.04. The molecule has 1 aliphatic heterocycles. The minimum Gasteiger partial charge on any atom is -0.476 e. The molecule has 0 saturated carbocycles. The molecule has 0 bridgehead atoms. The average Bonchev–Trinajstić information content (AvgIpc) is 2.76. The van der Waals surface area contributed by atoms with Crippen LogP contribution in [0.3, 0.4) is 0 Å². The maximum Gasteiger partial charge on any atom is 0.242 e. The van der Waals surface area contributed by atoms with Gasteiger partial charge in [0, 0.05) is 13.1 Å². The Balaban J connectivity index is 1.82. The lowest BCUT2D eigenvalue weighted by Gasteiger charge is -2.20. The number of nitrogens with zero attached hydrogens (tertiary/aromatic N) is 3. The maximum atomic E-state index is 6.04. The number of ether oxygens (including phenoxy) is 1. The monoisotopic (exact) mass is 293 g/mol. The van der Waals surface area contributed by atoms with Crippen molar-refractivity contribution < 1.29 is 4.74 Å². The quantitative estimate of drug-likeness (QED) is 0.802. The van der Waals surface area contributed by atoms with Crippen LogP contribution in [0.25, 0.3) is 0 Å². The van der Waals surface area contributed by atoms with E-state index in [-0.39, 0.29) is 0 Å². The lowest BCUT2D eigenvalue weighted by Crippen LogP contribution is -2.30. The number of aromatic nitrogens is 2. The summed E-state index contributed by atoms with van der Waals surface area (Å²) in [6, 6.07) is 0. The zero-order valence-electron chi connectivity index (χ0n) is 13.0. The number of nitrogens with two attached hydrogens (primary N) is 1. The van der Waals surface area contributed by atoms with Crippen LogP contribution >= 0.6 is 0 Å². The van der Waals surface area contributed by atoms with Gasteiger partial charge in [0.15, 0.2) is 5.82 Å². The van der Waals surface area contributed by atoms with Crippen LogP contribution in [-0.4, -0.2) is 47.7 Å². The Morgan fingerprint density at radius 3 is 2.71 bits per heavy atom. The molecule has 0 atom stereocenters. The Morgan fingerprint density at radius 2 is 2.00 bits per heavy atom. The minimum absolute atomic E-state index is 0.476. The van der Waals surface area contributed by atoms with E-state index in [1.807, 2.05) is 0 Å². The van der Waals surface area contributed by atoms with E-state index in [9.17, 15) is 0 Å². The number of nitrogen functional groups attached to an aromatic ring is 1. The van der Waals surface area contributed by atoms with Crippen LogP contribution in [0.1, 0.15) is 39.0 Å². The highest BCUT2D eigenvalue weighted by Crippen LogP contribution is 2.24. The Labute approximate surface area is 127 Å². The summed E-state index contributed by atoms with van der Waals surface area (Å²) in [5, 5.41) is 3.30. The van der Waals surface area contributed by atoms with Gasteiger partial charge in [-0.15, -0.1) is 0 Å². The number of likely N-dealkylation sites (tertiary alicyclic amines) is 1. The van der Waals surface area contributed by atoms with Crippen molar-refractivity contribution in [3.8, 4) is 5.88 Å². The highest BCUT2D eigenvalue weighted by Gasteiger charge is 2.11. The third kappa shape index (κ3) is 5.04. The van der Waals surface area contributed by atoms with Crippen LogP contribution in [0.5, 0.6) is 5.88 Å². The number of hydrogen-bond acceptors (Lipinski definition) is 6. The number of hydrogen-bond donors (Lipinski definition) is 2. The lowest BCUT2D eigenvalue weighted by atomic mass is 10.2. The van der Waals surface area contributed by atoms with E-state index in [4.69, 9.17) is 10.5 Å². The van der Waals surface area contributed by atoms with Crippen LogP contribution < -0.4 is 15.8 Å². The van der Waals surface area contributed by atoms with E-state index < -0.39 is 0 Å². The Kier molecular flexibility index (Phi) is 6.53. The van der Waals surface area contributed by atoms with E-state index >= 15 is 0 Å². The van der Waals surface area contributed by atoms with Crippen LogP contribution in [0, 0.1) is 0 Å². The van der Waals surface area contributed by atoms with Crippen molar-refractivity contribution in [2.75, 3.05) is 43.8 Å². The molecule has 0 spiro atoms. The first-order chi connectivity index (χ1) is 10.3. The smallest absolute Gasteiger partial charge is 0.242 e. The first-order valence-corrected chi connectivity index (χ1v) is 8.00. The Morgan fingerprint density at radius 1 is 1.24 bits per heavy atom. The van der Waals surface area contributed by atoms with Gasteiger partial charge in [0.2, 0.25) is 5.88 Å². The zero-order chi connectivity index (χ0) is 14.9. The van der Waals surface area contributed by atoms with Crippen molar-refractivity contribution in [3.05, 3.63) is 6.33 Å². The van der Waals surface area contributed by atoms with Crippen LogP contribution in [0.2, 0.25) is 0 Å². The van der Waals surface area contributed by atoms with Gasteiger partial charge in [0.05, 0.1) is 6.61 Å². The van der Waals surface area contributed by atoms with Gasteiger partial charge in [-0.1, -0.05) is 19.8 Å². The Bertz CT molecular complexity index is 419. The standard InChI is InChI=1S/C15H27N5O/c1-2-11-21-15-13(16)14(18-12-19-15)17-7-10-20-8-5-3-4-6-9-20/h12H,2-11,16H2,1H3,(H,17,18,19). The Hall–Kier alpha value is -1.56. The normalized spacial score (nSPS) is 16.4. The molecule has 6 heteroatoms. The second-order valence-electron chi connectivity index (χ2n) is 5.47. The third-order valence-corrected chi connectivity index (χ3v) is 3.71. The summed E-state index contributed by atoms with van der Waals surface area (Å²) in [4.78, 5) is 10.8. The summed E-state index contributed by atoms with van der Waals surface area (Å²) in [6.07, 6.45) is 7.77. The van der Waals surface area contributed by atoms with Gasteiger partial charge in [-0.3, -0.25) is 0 Å². The summed E-state index contributed by atoms with van der Waals surface area (Å²) >= 11 is 0. The third-order valence-electron chi connectivity index (χ3n) is 3.71. The molecule has 0 amide bonds. The van der Waals surface area contributed by atoms with Crippen molar-refractivity contribution >= 4 is 11.5 Å². The van der Waals surface area contributed by atoms with E-state index in [0.717, 1.165) is 19.5 Å². The van der Waals surface area contributed by atoms with Crippen molar-refractivity contribution in [2.45, 2.75) is 39.0 Å². The summed E-state index contributed by atoms with van der Waals surface area (Å²) < 4.78 is 5.51. The van der Waals surface area contributed by atoms with Gasteiger partial charge in [0.25, 0.3) is 0 Å². The molecule has 118 valence electrons. The summed E-state index contributed by atoms with van der Waals surface area (Å²) in [7, 11) is 0. The fraction of sp³-hybridized carbons (Fsp3) is 0.733. The first kappa shape index (κ1) is 15.8. The molecule has 1 saturated heterocycles. The molecule has 1 aromatic heterocycles. The lowest BCUT2D eigenvalue weighted by molar-refractivity contribution is 0.296. The zero-order valence-corrected chi connectivity index (χ0v) is 13.0. The average molecular weight is 293 g/mol. The van der Waals surface area contributed by atoms with E-state index in [0.29, 0.717) is 24.0 Å². The molecular weight excluding hydrogens is 266 g/mol. The fourth-order valence-corrected chi connectivity index (χ4v) is 2.53. The predicted molar refractivity (Wildman–Crippen MR) is 85.6 cm³/mol. The summed E-state index contributed by atoms with van der Waals surface area (Å²) in [5.74, 6) is 1.15. The first-order valence-electron chi connectivity index (χ1n) is 8.00. The molecule has 0 unspecified atom stereocenters. The summed E-state index contributed by atoms with van der Waals surface area (Å²) in [6.45, 7) is 6.94. The van der Waals surface area contributed by atoms with Gasteiger partial charge < -0.3 is 20.7 Å². The largest absolute Gasteiger partial charge is 0.476 e. The highest BCUT2D eigenvalue weighted by atomic mass is 16.5.